The first kappa shape index (κ1) is 35.6. The molecule has 12 rings (SSSR count). The Morgan fingerprint density at radius 2 is 0.919 bits per heavy atom. The molecule has 5 nitrogen and oxygen atoms in total. The minimum atomic E-state index is -0.314. The van der Waals surface area contributed by atoms with E-state index >= 15 is 0 Å². The number of rotatable bonds is 7. The van der Waals surface area contributed by atoms with Crippen LogP contribution >= 0.6 is 0 Å². The van der Waals surface area contributed by atoms with Crippen molar-refractivity contribution in [1.29, 1.82) is 0 Å². The average Bonchev–Trinajstić information content (AvgIpc) is 3.90. The van der Waals surface area contributed by atoms with Gasteiger partial charge in [0, 0.05) is 27.3 Å². The topological polar surface area (TPSA) is 54.8 Å². The van der Waals surface area contributed by atoms with Crippen molar-refractivity contribution < 1.29 is 4.42 Å². The van der Waals surface area contributed by atoms with Gasteiger partial charge in [-0.3, -0.25) is 0 Å². The van der Waals surface area contributed by atoms with E-state index in [1.807, 2.05) is 24.3 Å². The minimum absolute atomic E-state index is 0.314. The Morgan fingerprint density at radius 3 is 1.53 bits per heavy atom. The van der Waals surface area contributed by atoms with Crippen molar-refractivity contribution in [3.05, 3.63) is 235 Å². The van der Waals surface area contributed by atoms with Crippen molar-refractivity contribution in [2.75, 3.05) is 0 Å². The lowest BCUT2D eigenvalue weighted by molar-refractivity contribution is 0.667. The predicted octanol–water partition coefficient (Wildman–Crippen LogP) is 14.2. The molecule has 0 bridgehead atoms. The van der Waals surface area contributed by atoms with Crippen molar-refractivity contribution in [1.82, 2.24) is 9.88 Å². The lowest BCUT2D eigenvalue weighted by Crippen LogP contribution is -2.33. The number of furan rings is 1. The number of benzene rings is 9. The summed E-state index contributed by atoms with van der Waals surface area (Å²) in [5.74, 6) is 1.42. The molecule has 292 valence electrons. The summed E-state index contributed by atoms with van der Waals surface area (Å²) < 4.78 is 9.15. The first-order chi connectivity index (χ1) is 30.7. The van der Waals surface area contributed by atoms with Gasteiger partial charge in [-0.1, -0.05) is 170 Å². The second-order valence-corrected chi connectivity index (χ2v) is 15.8. The highest BCUT2D eigenvalue weighted by atomic mass is 16.3. The first-order valence-electron chi connectivity index (χ1n) is 21.0. The molecule has 0 aliphatic carbocycles. The molecule has 0 saturated carbocycles. The predicted molar refractivity (Wildman–Crippen MR) is 256 cm³/mol. The van der Waals surface area contributed by atoms with Crippen LogP contribution in [0.4, 0.5) is 0 Å². The smallest absolute Gasteiger partial charge is 0.159 e. The number of aliphatic imine (C=N–C) groups is 2. The molecular weight excluding hydrogens is 757 g/mol. The van der Waals surface area contributed by atoms with E-state index in [2.05, 4.69) is 204 Å². The fourth-order valence-electron chi connectivity index (χ4n) is 9.02. The number of nitrogens with one attached hydrogen (secondary N) is 1. The highest BCUT2D eigenvalue weighted by Crippen LogP contribution is 2.41. The quantitative estimate of drug-likeness (QED) is 0.175. The summed E-state index contributed by atoms with van der Waals surface area (Å²) in [6, 6.07) is 77.0. The third-order valence-electron chi connectivity index (χ3n) is 12.1. The van der Waals surface area contributed by atoms with E-state index in [-0.39, 0.29) is 6.17 Å². The standard InChI is InChI=1S/C57H38N4O/c1-5-14-37(15-6-1)40-24-26-42(27-25-40)56-58-55(41-20-11-4-12-21-41)59-57(60-56)45-28-31-46-53(36-45)62-52-23-13-22-51(54(46)52)61-49-32-29-43(38-16-7-2-8-17-38)34-47(49)48-35-44(30-33-50(48)61)39-18-9-3-10-19-39/h1-36,55H,(H,58,59,60). The molecule has 0 saturated heterocycles. The molecule has 9 aromatic carbocycles. The molecule has 62 heavy (non-hydrogen) atoms. The van der Waals surface area contributed by atoms with Gasteiger partial charge in [-0.15, -0.1) is 0 Å². The van der Waals surface area contributed by atoms with Crippen LogP contribution in [-0.2, 0) is 0 Å². The fraction of sp³-hybridized carbons (Fsp3) is 0.0175. The highest BCUT2D eigenvalue weighted by Gasteiger charge is 2.23. The Hall–Kier alpha value is -8.28. The van der Waals surface area contributed by atoms with Crippen LogP contribution in [0.2, 0.25) is 0 Å². The number of amidine groups is 2. The number of aromatic nitrogens is 1. The van der Waals surface area contributed by atoms with Crippen LogP contribution < -0.4 is 5.32 Å². The Morgan fingerprint density at radius 1 is 0.403 bits per heavy atom. The molecule has 11 aromatic rings. The maximum absolute atomic E-state index is 6.75. The Labute approximate surface area is 358 Å². The van der Waals surface area contributed by atoms with Crippen molar-refractivity contribution in [2.45, 2.75) is 6.17 Å². The molecule has 3 heterocycles. The fourth-order valence-corrected chi connectivity index (χ4v) is 9.02. The summed E-state index contributed by atoms with van der Waals surface area (Å²) in [7, 11) is 0. The average molecular weight is 795 g/mol. The largest absolute Gasteiger partial charge is 0.456 e. The van der Waals surface area contributed by atoms with Gasteiger partial charge in [0.25, 0.3) is 0 Å². The summed E-state index contributed by atoms with van der Waals surface area (Å²) >= 11 is 0. The second kappa shape index (κ2) is 14.8. The van der Waals surface area contributed by atoms with Gasteiger partial charge in [-0.2, -0.15) is 0 Å². The second-order valence-electron chi connectivity index (χ2n) is 15.8. The molecule has 1 atom stereocenters. The van der Waals surface area contributed by atoms with Crippen LogP contribution in [0.3, 0.4) is 0 Å². The lowest BCUT2D eigenvalue weighted by Gasteiger charge is -2.23. The van der Waals surface area contributed by atoms with Crippen LogP contribution in [0.25, 0.3) is 82.8 Å². The monoisotopic (exact) mass is 794 g/mol. The molecule has 2 aromatic heterocycles. The van der Waals surface area contributed by atoms with Gasteiger partial charge in [0.05, 0.1) is 22.1 Å². The summed E-state index contributed by atoms with van der Waals surface area (Å²) in [5.41, 5.74) is 15.0. The Kier molecular flexibility index (Phi) is 8.49. The zero-order valence-electron chi connectivity index (χ0n) is 33.6. The normalized spacial score (nSPS) is 14.0. The highest BCUT2D eigenvalue weighted by molar-refractivity contribution is 6.18. The van der Waals surface area contributed by atoms with Crippen LogP contribution in [0, 0.1) is 0 Å². The number of nitrogens with zero attached hydrogens (tertiary/aromatic N) is 3. The van der Waals surface area contributed by atoms with Gasteiger partial charge in [0.15, 0.2) is 5.84 Å². The van der Waals surface area contributed by atoms with Gasteiger partial charge in [0.2, 0.25) is 0 Å². The zero-order chi connectivity index (χ0) is 41.0. The molecule has 5 heteroatoms. The van der Waals surface area contributed by atoms with E-state index in [1.165, 1.54) is 38.6 Å². The van der Waals surface area contributed by atoms with Crippen LogP contribution in [-0.4, -0.2) is 16.2 Å². The van der Waals surface area contributed by atoms with Crippen molar-refractivity contribution >= 4 is 55.4 Å². The molecule has 1 aliphatic rings. The van der Waals surface area contributed by atoms with E-state index in [9.17, 15) is 0 Å². The molecule has 0 radical (unpaired) electrons. The number of hydrogen-bond acceptors (Lipinski definition) is 4. The van der Waals surface area contributed by atoms with Crippen molar-refractivity contribution in [3.8, 4) is 39.1 Å². The zero-order valence-corrected chi connectivity index (χ0v) is 33.6. The third-order valence-corrected chi connectivity index (χ3v) is 12.1. The minimum Gasteiger partial charge on any atom is -0.456 e. The maximum Gasteiger partial charge on any atom is 0.159 e. The van der Waals surface area contributed by atoms with Gasteiger partial charge in [-0.05, 0) is 87.5 Å². The first-order valence-corrected chi connectivity index (χ1v) is 21.0. The Bertz CT molecular complexity index is 3420. The third kappa shape index (κ3) is 6.18. The van der Waals surface area contributed by atoms with E-state index < -0.39 is 0 Å². The van der Waals surface area contributed by atoms with Gasteiger partial charge >= 0.3 is 0 Å². The molecule has 1 aliphatic heterocycles. The summed E-state index contributed by atoms with van der Waals surface area (Å²) in [6.07, 6.45) is -0.314. The van der Waals surface area contributed by atoms with E-state index in [0.29, 0.717) is 5.84 Å². The van der Waals surface area contributed by atoms with E-state index in [0.717, 1.165) is 66.7 Å². The Balaban J connectivity index is 0.995. The summed E-state index contributed by atoms with van der Waals surface area (Å²) in [6.45, 7) is 0. The molecule has 1 unspecified atom stereocenters. The van der Waals surface area contributed by atoms with E-state index in [4.69, 9.17) is 14.4 Å². The maximum atomic E-state index is 6.75. The summed E-state index contributed by atoms with van der Waals surface area (Å²) in [4.78, 5) is 10.3. The number of fused-ring (bicyclic) bond motifs is 6. The molecule has 0 fully saturated rings. The SMILES string of the molecule is c1ccc(-c2ccc(C3=NC(c4ccc5c(c4)oc4cccc(-n6c7ccc(-c8ccccc8)cc7c7cc(-c8ccccc8)ccc76)c45)=NC(c4ccccc4)N3)cc2)cc1. The molecule has 0 spiro atoms. The molecule has 0 amide bonds. The molecular formula is C57H38N4O. The lowest BCUT2D eigenvalue weighted by atomic mass is 10.0. The van der Waals surface area contributed by atoms with E-state index in [1.54, 1.807) is 0 Å². The van der Waals surface area contributed by atoms with Gasteiger partial charge in [-0.25, -0.2) is 9.98 Å². The molecule has 1 N–H and O–H groups in total. The van der Waals surface area contributed by atoms with Gasteiger partial charge < -0.3 is 14.3 Å². The van der Waals surface area contributed by atoms with Crippen LogP contribution in [0.1, 0.15) is 22.9 Å². The number of hydrogen-bond donors (Lipinski definition) is 1. The van der Waals surface area contributed by atoms with Crippen LogP contribution in [0.5, 0.6) is 0 Å². The summed E-state index contributed by atoms with van der Waals surface area (Å²) in [5, 5.41) is 8.11. The van der Waals surface area contributed by atoms with Gasteiger partial charge in [0.1, 0.15) is 23.2 Å². The van der Waals surface area contributed by atoms with Crippen LogP contribution in [0.15, 0.2) is 233 Å². The van der Waals surface area contributed by atoms with Crippen molar-refractivity contribution in [2.24, 2.45) is 9.98 Å². The van der Waals surface area contributed by atoms with Crippen molar-refractivity contribution in [3.63, 3.8) is 0 Å².